The van der Waals surface area contributed by atoms with E-state index >= 15 is 0 Å². The highest BCUT2D eigenvalue weighted by molar-refractivity contribution is 6.40. The van der Waals surface area contributed by atoms with Crippen LogP contribution in [-0.2, 0) is 59.1 Å². The van der Waals surface area contributed by atoms with Gasteiger partial charge in [0.1, 0.15) is 53.9 Å². The van der Waals surface area contributed by atoms with Gasteiger partial charge in [-0.3, -0.25) is 43.3 Å². The molecule has 83 heavy (non-hydrogen) atoms. The summed E-state index contributed by atoms with van der Waals surface area (Å²) in [4.78, 5) is 149. The minimum Gasteiger partial charge on any atom is -0.444 e. The zero-order chi connectivity index (χ0) is 62.9. The summed E-state index contributed by atoms with van der Waals surface area (Å²) in [6, 6.07) is -1.77. The Balaban J connectivity index is 2.24. The van der Waals surface area contributed by atoms with Crippen LogP contribution in [0.2, 0.25) is 0 Å². The van der Waals surface area contributed by atoms with E-state index in [2.05, 4.69) is 58.0 Å². The molecule has 0 unspecified atom stereocenters. The summed E-state index contributed by atoms with van der Waals surface area (Å²) in [5.41, 5.74) is 13.9. The third kappa shape index (κ3) is 27.2. The summed E-state index contributed by atoms with van der Waals surface area (Å²) in [6.07, 6.45) is 2.27. The van der Waals surface area contributed by atoms with E-state index in [0.29, 0.717) is 24.9 Å². The van der Waals surface area contributed by atoms with E-state index in [1.165, 1.54) is 6.92 Å². The summed E-state index contributed by atoms with van der Waals surface area (Å²) >= 11 is 0. The van der Waals surface area contributed by atoms with Crippen LogP contribution in [0.1, 0.15) is 147 Å². The maximum Gasteiger partial charge on any atom is 0.408 e. The van der Waals surface area contributed by atoms with Crippen LogP contribution in [0.25, 0.3) is 10.9 Å². The molecule has 8 atom stereocenters. The molecule has 466 valence electrons. The topological polar surface area (TPSA) is 378 Å². The summed E-state index contributed by atoms with van der Waals surface area (Å²) in [7, 11) is 1.59. The molecule has 0 radical (unpaired) electrons. The number of nitrogens with two attached hydrogens (primary N) is 2. The van der Waals surface area contributed by atoms with Crippen LogP contribution in [0.4, 0.5) is 4.79 Å². The van der Waals surface area contributed by atoms with Gasteiger partial charge >= 0.3 is 12.1 Å². The number of fused-ring (bicyclic) bond motifs is 1. The van der Waals surface area contributed by atoms with Gasteiger partial charge in [-0.2, -0.15) is 0 Å². The molecule has 7 amide bonds. The van der Waals surface area contributed by atoms with Gasteiger partial charge < -0.3 is 68.6 Å². The largest absolute Gasteiger partial charge is 0.444 e. The molecule has 0 fully saturated rings. The molecular weight excluding hydrogens is 1070 g/mol. The number of para-hydroxylation sites is 1. The number of likely N-dealkylation sites (N-methyl/N-ethyl adjacent to an activating group) is 1. The molecule has 2 rings (SSSR count). The molecule has 0 aliphatic rings. The molecule has 2 aromatic rings. The molecular formula is C58H97N13O12. The quantitative estimate of drug-likeness (QED) is 0.0153. The van der Waals surface area contributed by atoms with Crippen molar-refractivity contribution in [3.05, 3.63) is 36.0 Å². The lowest BCUT2D eigenvalue weighted by Gasteiger charge is -2.28. The number of rotatable bonds is 36. The Morgan fingerprint density at radius 3 is 1.52 bits per heavy atom. The number of aromatic amines is 1. The van der Waals surface area contributed by atoms with Crippen molar-refractivity contribution in [1.82, 2.24) is 53.0 Å². The highest BCUT2D eigenvalue weighted by atomic mass is 16.7. The molecule has 14 N–H and O–H groups in total. The standard InChI is InChI=1S/C58H97N13O12/c1-31(2)23-42(50(75)64-30-47(72)48(73)41(70-57(81)82-58(12,13)14)28-37-29-63-39-20-17-16-19-38(37)39)67-53(78)45(26-34(7)8)68-52(77)44(25-33(5)6)66-49(74)36(11)65-51(76)43(24-32(3)4)69-54(79)46(27-35(9)10)71-83-55(80)40(61-15)21-18-22-62-56(59)60/h16-17,19-20,29,31-36,40-46,61,63,71H,18,21-28,30H2,1-15H3,(H,64,75)(H,65,76)(H,66,74)(H,67,78)(H,68,77)(H,69,79)(H,70,81)(H4,59,60,62)/t36-,40-,41-,42-,43-,44-,45-,46-/m0/s1. The van der Waals surface area contributed by atoms with E-state index in [9.17, 15) is 47.9 Å². The number of alkyl carbamates (subject to hydrolysis) is 1. The van der Waals surface area contributed by atoms with Gasteiger partial charge in [-0.15, -0.1) is 5.48 Å². The maximum atomic E-state index is 14.2. The number of carbonyl (C=O) groups is 10. The van der Waals surface area contributed by atoms with Gasteiger partial charge in [-0.1, -0.05) is 87.4 Å². The molecule has 1 heterocycles. The van der Waals surface area contributed by atoms with E-state index in [4.69, 9.17) is 21.0 Å². The van der Waals surface area contributed by atoms with Crippen molar-refractivity contribution in [3.8, 4) is 0 Å². The number of aliphatic imine (C=N–C) groups is 1. The van der Waals surface area contributed by atoms with Crippen molar-refractivity contribution in [2.45, 2.75) is 202 Å². The first-order valence-electron chi connectivity index (χ1n) is 28.8. The summed E-state index contributed by atoms with van der Waals surface area (Å²) < 4.78 is 5.39. The predicted octanol–water partition coefficient (Wildman–Crippen LogP) is 2.59. The molecule has 0 spiro atoms. The first-order chi connectivity index (χ1) is 38.7. The van der Waals surface area contributed by atoms with Crippen LogP contribution in [0, 0.1) is 29.6 Å². The number of ketones is 2. The van der Waals surface area contributed by atoms with Gasteiger partial charge in [0.15, 0.2) is 5.96 Å². The number of hydroxylamine groups is 1. The smallest absolute Gasteiger partial charge is 0.408 e. The molecule has 25 heteroatoms. The lowest BCUT2D eigenvalue weighted by atomic mass is 9.98. The summed E-state index contributed by atoms with van der Waals surface area (Å²) in [5, 5.41) is 22.3. The van der Waals surface area contributed by atoms with E-state index in [1.54, 1.807) is 34.0 Å². The monoisotopic (exact) mass is 1170 g/mol. The molecule has 25 nitrogen and oxygen atoms in total. The van der Waals surface area contributed by atoms with Crippen molar-refractivity contribution < 1.29 is 57.5 Å². The van der Waals surface area contributed by atoms with Crippen LogP contribution in [0.3, 0.4) is 0 Å². The number of H-pyrrole nitrogens is 1. The minimum absolute atomic E-state index is 0.0405. The highest BCUT2D eigenvalue weighted by Crippen LogP contribution is 2.20. The zero-order valence-electron chi connectivity index (χ0n) is 51.5. The van der Waals surface area contributed by atoms with E-state index in [0.717, 1.165) is 10.9 Å². The average Bonchev–Trinajstić information content (AvgIpc) is 4.09. The number of amides is 7. The highest BCUT2D eigenvalue weighted by Gasteiger charge is 2.35. The molecule has 0 saturated carbocycles. The molecule has 0 saturated heterocycles. The molecule has 0 aliphatic carbocycles. The van der Waals surface area contributed by atoms with Gasteiger partial charge in [0.2, 0.25) is 47.0 Å². The van der Waals surface area contributed by atoms with Crippen molar-refractivity contribution >= 4 is 75.9 Å². The molecule has 1 aromatic carbocycles. The van der Waals surface area contributed by atoms with Gasteiger partial charge in [0, 0.05) is 30.1 Å². The molecule has 0 aliphatic heterocycles. The fourth-order valence-electron chi connectivity index (χ4n) is 8.82. The lowest BCUT2D eigenvalue weighted by Crippen LogP contribution is -2.59. The number of hydrogen-bond donors (Lipinski definition) is 12. The van der Waals surface area contributed by atoms with E-state index in [-0.39, 0.29) is 74.1 Å². The summed E-state index contributed by atoms with van der Waals surface area (Å²) in [6.45, 7) is 24.4. The first-order valence-corrected chi connectivity index (χ1v) is 28.8. The number of ether oxygens (including phenoxy) is 1. The Morgan fingerprint density at radius 2 is 1.04 bits per heavy atom. The van der Waals surface area contributed by atoms with Crippen LogP contribution in [0.15, 0.2) is 35.5 Å². The number of nitrogens with one attached hydrogen (secondary N) is 10. The van der Waals surface area contributed by atoms with E-state index < -0.39 is 120 Å². The maximum absolute atomic E-state index is 14.2. The zero-order valence-corrected chi connectivity index (χ0v) is 51.5. The second-order valence-corrected chi connectivity index (χ2v) is 24.3. The Labute approximate surface area is 489 Å². The Hall–Kier alpha value is -7.15. The Bertz CT molecular complexity index is 2520. The predicted molar refractivity (Wildman–Crippen MR) is 317 cm³/mol. The second-order valence-electron chi connectivity index (χ2n) is 24.3. The van der Waals surface area contributed by atoms with Crippen molar-refractivity contribution in [3.63, 3.8) is 0 Å². The lowest BCUT2D eigenvalue weighted by molar-refractivity contribution is -0.158. The van der Waals surface area contributed by atoms with Gasteiger partial charge in [-0.25, -0.2) is 9.59 Å². The molecule has 0 bridgehead atoms. The van der Waals surface area contributed by atoms with Crippen molar-refractivity contribution in [2.75, 3.05) is 20.1 Å². The number of benzene rings is 1. The van der Waals surface area contributed by atoms with E-state index in [1.807, 2.05) is 93.5 Å². The normalized spacial score (nSPS) is 14.6. The number of hydrogen-bond acceptors (Lipinski definition) is 15. The third-order valence-corrected chi connectivity index (χ3v) is 12.8. The Morgan fingerprint density at radius 1 is 0.578 bits per heavy atom. The summed E-state index contributed by atoms with van der Waals surface area (Å²) in [5.74, 6) is -7.54. The number of carbonyl (C=O) groups excluding carboxylic acids is 10. The second kappa shape index (κ2) is 35.1. The number of guanidine groups is 1. The number of aromatic nitrogens is 1. The van der Waals surface area contributed by atoms with Gasteiger partial charge in [-0.05, 0) is 121 Å². The minimum atomic E-state index is -1.36. The van der Waals surface area contributed by atoms with Crippen LogP contribution < -0.4 is 59.5 Å². The number of Topliss-reactive ketones (excluding diaryl/α,β-unsaturated/α-hetero) is 2. The van der Waals surface area contributed by atoms with Gasteiger partial charge in [0.25, 0.3) is 0 Å². The van der Waals surface area contributed by atoms with Crippen LogP contribution in [-0.4, -0.2) is 144 Å². The Kier molecular flexibility index (Phi) is 30.4. The third-order valence-electron chi connectivity index (χ3n) is 12.8. The fourth-order valence-corrected chi connectivity index (χ4v) is 8.82. The van der Waals surface area contributed by atoms with Crippen LogP contribution in [0.5, 0.6) is 0 Å². The van der Waals surface area contributed by atoms with Crippen molar-refractivity contribution in [1.29, 1.82) is 0 Å². The SMILES string of the molecule is CN[C@@H](CCCN=C(N)N)C(=O)ON[C@@H](CC(C)C)C(=O)N[C@@H](CC(C)C)C(=O)N[C@@H](C)C(=O)N[C@@H](CC(C)C)C(=O)N[C@@H](CC(C)C)C(=O)N[C@@H](CC(C)C)C(=O)NCC(=O)C(=O)[C@H](Cc1c[nH]c2ccccc12)NC(=O)OC(C)(C)C. The average molecular weight is 1170 g/mol. The van der Waals surface area contributed by atoms with Gasteiger partial charge in [0.05, 0.1) is 6.54 Å². The fraction of sp³-hybridized carbons (Fsp3) is 0.672. The number of nitrogens with zero attached hydrogens (tertiary/aromatic N) is 1. The molecule has 1 aromatic heterocycles. The first kappa shape index (κ1) is 72.0. The van der Waals surface area contributed by atoms with Crippen molar-refractivity contribution in [2.24, 2.45) is 46.0 Å². The van der Waals surface area contributed by atoms with Crippen LogP contribution >= 0.6 is 0 Å².